The van der Waals surface area contributed by atoms with Crippen LogP contribution >= 0.6 is 23.5 Å². The van der Waals surface area contributed by atoms with Crippen molar-refractivity contribution in [3.8, 4) is 0 Å². The molecule has 0 radical (unpaired) electrons. The fraction of sp³-hybridized carbons (Fsp3) is 0.583. The van der Waals surface area contributed by atoms with Crippen molar-refractivity contribution in [2.24, 2.45) is 0 Å². The minimum absolute atomic E-state index is 0.00948. The maximum atomic E-state index is 12.0. The molecule has 3 heterocycles. The second-order valence-electron chi connectivity index (χ2n) is 6.43. The molecule has 0 spiro atoms. The minimum Gasteiger partial charge on any atom is -0.386 e. The number of aliphatic hydroxyl groups is 1. The molecule has 6 atom stereocenters. The molecule has 0 saturated carbocycles. The molecular weight excluding hydrogens is 515 g/mol. The van der Waals surface area contributed by atoms with Gasteiger partial charge in [-0.2, -0.15) is 4.31 Å². The van der Waals surface area contributed by atoms with Crippen LogP contribution in [0.2, 0.25) is 0 Å². The Morgan fingerprint density at radius 1 is 1.12 bits per heavy atom. The second-order valence-corrected chi connectivity index (χ2v) is 10.7. The van der Waals surface area contributed by atoms with Gasteiger partial charge >= 0.3 is 23.5 Å². The normalized spacial score (nSPS) is 27.5. The summed E-state index contributed by atoms with van der Waals surface area (Å²) in [6, 6.07) is 0. The van der Waals surface area contributed by atoms with Crippen LogP contribution in [-0.4, -0.2) is 75.7 Å². The number of imidazole rings is 1. The Morgan fingerprint density at radius 3 is 2.42 bits per heavy atom. The van der Waals surface area contributed by atoms with Crippen LogP contribution < -0.4 is 5.73 Å². The molecule has 0 bridgehead atoms. The maximum absolute atomic E-state index is 12.0. The summed E-state index contributed by atoms with van der Waals surface area (Å²) in [6.07, 6.45) is -4.30. The summed E-state index contributed by atoms with van der Waals surface area (Å²) in [7, 11) is -15.4. The zero-order chi connectivity index (χ0) is 24.6. The molecule has 0 aromatic carbocycles. The maximum Gasteiger partial charge on any atom is 0.481 e. The van der Waals surface area contributed by atoms with Gasteiger partial charge in [0.2, 0.25) is 0 Å². The van der Waals surface area contributed by atoms with E-state index in [0.29, 0.717) is 0 Å². The van der Waals surface area contributed by atoms with Crippen LogP contribution in [0, 0.1) is 0 Å². The van der Waals surface area contributed by atoms with E-state index in [-0.39, 0.29) is 23.6 Å². The van der Waals surface area contributed by atoms with Gasteiger partial charge in [-0.15, -0.1) is 0 Å². The lowest BCUT2D eigenvalue weighted by Crippen LogP contribution is -2.35. The topological polar surface area (TPSA) is 268 Å². The Kier molecular flexibility index (Phi) is 7.73. The number of rotatable bonds is 10. The van der Waals surface area contributed by atoms with E-state index in [9.17, 15) is 38.4 Å². The predicted octanol–water partition coefficient (Wildman–Crippen LogP) is -0.585. The van der Waals surface area contributed by atoms with Gasteiger partial charge in [-0.25, -0.2) is 28.6 Å². The highest BCUT2D eigenvalue weighted by Gasteiger charge is 2.50. The SMILES string of the molecule is CCOP(=O)(O)OP(=O)(O)OC[C@H]1O[C@@H](n2cnc3c(N)ncnc32)[C@@H](O)C1OP(=O)(O)O. The summed E-state index contributed by atoms with van der Waals surface area (Å²) < 4.78 is 59.2. The lowest BCUT2D eigenvalue weighted by molar-refractivity contribution is -0.0502. The van der Waals surface area contributed by atoms with Gasteiger partial charge in [0.05, 0.1) is 19.5 Å². The molecule has 21 heteroatoms. The standard InChI is InChI=1S/C12H20N5O13P3/c1-2-26-32(22,23)30-33(24,25)27-3-6-9(29-31(19,20)21)8(18)12(28-6)17-5-16-7-10(13)14-4-15-11(7)17/h4-6,8-9,12,18H,2-3H2,1H3,(H,22,23)(H,24,25)(H2,13,14,15)(H2,19,20,21)/t6-,8+,9?,12-/m1/s1. The summed E-state index contributed by atoms with van der Waals surface area (Å²) in [5, 5.41) is 10.6. The summed E-state index contributed by atoms with van der Waals surface area (Å²) >= 11 is 0. The Balaban J connectivity index is 1.83. The van der Waals surface area contributed by atoms with Gasteiger partial charge in [-0.1, -0.05) is 0 Å². The summed E-state index contributed by atoms with van der Waals surface area (Å²) in [6.45, 7) is 0.0338. The molecule has 1 fully saturated rings. The van der Waals surface area contributed by atoms with E-state index >= 15 is 0 Å². The van der Waals surface area contributed by atoms with E-state index in [4.69, 9.17) is 10.5 Å². The van der Waals surface area contributed by atoms with Gasteiger partial charge < -0.3 is 35.2 Å². The quantitative estimate of drug-likeness (QED) is 0.208. The summed E-state index contributed by atoms with van der Waals surface area (Å²) in [5.41, 5.74) is 5.94. The lowest BCUT2D eigenvalue weighted by atomic mass is 10.1. The number of phosphoric acid groups is 3. The van der Waals surface area contributed by atoms with Crippen LogP contribution in [0.1, 0.15) is 13.2 Å². The number of aliphatic hydroxyl groups excluding tert-OH is 1. The average Bonchev–Trinajstić information content (AvgIpc) is 3.21. The number of hydrogen-bond donors (Lipinski definition) is 6. The van der Waals surface area contributed by atoms with Crippen molar-refractivity contribution in [3.63, 3.8) is 0 Å². The highest BCUT2D eigenvalue weighted by Crippen LogP contribution is 2.60. The molecule has 1 saturated heterocycles. The Morgan fingerprint density at radius 2 is 1.79 bits per heavy atom. The number of ether oxygens (including phenoxy) is 1. The monoisotopic (exact) mass is 535 g/mol. The van der Waals surface area contributed by atoms with Gasteiger partial charge in [0, 0.05) is 0 Å². The van der Waals surface area contributed by atoms with Crippen LogP contribution in [-0.2, 0) is 36.3 Å². The first kappa shape index (κ1) is 26.2. The number of nitrogens with two attached hydrogens (primary N) is 1. The highest BCUT2D eigenvalue weighted by molar-refractivity contribution is 7.61. The molecule has 1 aliphatic heterocycles. The van der Waals surface area contributed by atoms with Gasteiger partial charge in [-0.05, 0) is 6.92 Å². The van der Waals surface area contributed by atoms with Gasteiger partial charge in [-0.3, -0.25) is 18.1 Å². The zero-order valence-corrected chi connectivity index (χ0v) is 19.3. The molecule has 2 aromatic rings. The first-order chi connectivity index (χ1) is 15.2. The van der Waals surface area contributed by atoms with E-state index in [2.05, 4.69) is 32.8 Å². The van der Waals surface area contributed by atoms with Gasteiger partial charge in [0.15, 0.2) is 17.7 Å². The van der Waals surface area contributed by atoms with Crippen molar-refractivity contribution < 1.29 is 61.0 Å². The molecule has 2 aromatic heterocycles. The molecule has 7 N–H and O–H groups in total. The van der Waals surface area contributed by atoms with Crippen LogP contribution in [0.5, 0.6) is 0 Å². The van der Waals surface area contributed by atoms with Crippen molar-refractivity contribution in [1.29, 1.82) is 0 Å². The van der Waals surface area contributed by atoms with Crippen molar-refractivity contribution in [1.82, 2.24) is 19.5 Å². The molecule has 186 valence electrons. The van der Waals surface area contributed by atoms with Crippen LogP contribution in [0.3, 0.4) is 0 Å². The Labute approximate surface area is 184 Å². The second kappa shape index (κ2) is 9.71. The molecule has 1 aliphatic rings. The van der Waals surface area contributed by atoms with E-state index in [0.717, 1.165) is 12.7 Å². The van der Waals surface area contributed by atoms with E-state index in [1.165, 1.54) is 11.5 Å². The van der Waals surface area contributed by atoms with Crippen LogP contribution in [0.25, 0.3) is 11.2 Å². The van der Waals surface area contributed by atoms with E-state index in [1.807, 2.05) is 0 Å². The number of phosphoric ester groups is 3. The fourth-order valence-corrected chi connectivity index (χ4v) is 5.60. The number of anilines is 1. The minimum atomic E-state index is -5.22. The Bertz CT molecular complexity index is 1140. The van der Waals surface area contributed by atoms with E-state index < -0.39 is 54.6 Å². The molecule has 33 heavy (non-hydrogen) atoms. The third-order valence-corrected chi connectivity index (χ3v) is 7.36. The van der Waals surface area contributed by atoms with Gasteiger partial charge in [0.1, 0.15) is 30.2 Å². The fourth-order valence-electron chi connectivity index (χ4n) is 2.94. The number of nitrogen functional groups attached to an aromatic ring is 1. The summed E-state index contributed by atoms with van der Waals surface area (Å²) in [5.74, 6) is 0.00948. The number of aromatic nitrogens is 4. The van der Waals surface area contributed by atoms with Gasteiger partial charge in [0.25, 0.3) is 0 Å². The van der Waals surface area contributed by atoms with Crippen LogP contribution in [0.4, 0.5) is 5.82 Å². The number of fused-ring (bicyclic) bond motifs is 1. The predicted molar refractivity (Wildman–Crippen MR) is 105 cm³/mol. The zero-order valence-electron chi connectivity index (χ0n) is 16.6. The number of hydrogen-bond acceptors (Lipinski definition) is 13. The van der Waals surface area contributed by atoms with Crippen molar-refractivity contribution in [2.75, 3.05) is 18.9 Å². The number of nitrogens with zero attached hydrogens (tertiary/aromatic N) is 4. The van der Waals surface area contributed by atoms with Crippen molar-refractivity contribution in [2.45, 2.75) is 31.5 Å². The largest absolute Gasteiger partial charge is 0.481 e. The smallest absolute Gasteiger partial charge is 0.386 e. The Hall–Kier alpha value is -1.36. The third-order valence-electron chi connectivity index (χ3n) is 4.13. The first-order valence-electron chi connectivity index (χ1n) is 8.89. The first-order valence-corrected chi connectivity index (χ1v) is 13.4. The highest BCUT2D eigenvalue weighted by atomic mass is 31.3. The summed E-state index contributed by atoms with van der Waals surface area (Å²) in [4.78, 5) is 49.1. The molecule has 18 nitrogen and oxygen atoms in total. The third kappa shape index (κ3) is 6.41. The van der Waals surface area contributed by atoms with Crippen molar-refractivity contribution >= 4 is 40.4 Å². The average molecular weight is 535 g/mol. The molecule has 3 rings (SSSR count). The molecular formula is C12H20N5O13P3. The lowest BCUT2D eigenvalue weighted by Gasteiger charge is -2.22. The molecule has 0 aliphatic carbocycles. The molecule has 0 amide bonds. The molecule has 3 unspecified atom stereocenters. The van der Waals surface area contributed by atoms with E-state index in [1.54, 1.807) is 0 Å². The van der Waals surface area contributed by atoms with Crippen molar-refractivity contribution in [3.05, 3.63) is 12.7 Å². The van der Waals surface area contributed by atoms with Crippen LogP contribution in [0.15, 0.2) is 12.7 Å².